The largest absolute Gasteiger partial charge is 0.481 e. The van der Waals surface area contributed by atoms with E-state index >= 15 is 0 Å². The Labute approximate surface area is 134 Å². The van der Waals surface area contributed by atoms with Gasteiger partial charge in [-0.15, -0.1) is 0 Å². The summed E-state index contributed by atoms with van der Waals surface area (Å²) >= 11 is 5.96. The molecule has 0 aliphatic carbocycles. The second kappa shape index (κ2) is 7.27. The molecule has 0 aliphatic heterocycles. The van der Waals surface area contributed by atoms with Gasteiger partial charge in [-0.3, -0.25) is 4.79 Å². The van der Waals surface area contributed by atoms with Crippen molar-refractivity contribution in [3.05, 3.63) is 58.9 Å². The summed E-state index contributed by atoms with van der Waals surface area (Å²) in [5.74, 6) is -0.314. The number of ether oxygens (including phenoxy) is 1. The highest BCUT2D eigenvalue weighted by atomic mass is 35.5. The van der Waals surface area contributed by atoms with Crippen molar-refractivity contribution >= 4 is 23.2 Å². The Morgan fingerprint density at radius 3 is 2.68 bits per heavy atom. The lowest BCUT2D eigenvalue weighted by atomic mass is 10.2. The van der Waals surface area contributed by atoms with Gasteiger partial charge in [-0.25, -0.2) is 4.39 Å². The van der Waals surface area contributed by atoms with Crippen molar-refractivity contribution in [3.63, 3.8) is 0 Å². The molecule has 0 radical (unpaired) electrons. The van der Waals surface area contributed by atoms with Gasteiger partial charge in [0, 0.05) is 5.02 Å². The van der Waals surface area contributed by atoms with E-state index in [-0.39, 0.29) is 11.6 Å². The third-order valence-corrected chi connectivity index (χ3v) is 3.63. The number of hydrogen-bond donors (Lipinski definition) is 1. The number of halogens is 2. The van der Waals surface area contributed by atoms with Crippen molar-refractivity contribution in [2.24, 2.45) is 0 Å². The molecule has 0 heterocycles. The van der Waals surface area contributed by atoms with Crippen molar-refractivity contribution in [2.75, 3.05) is 5.32 Å². The van der Waals surface area contributed by atoms with Gasteiger partial charge in [-0.2, -0.15) is 0 Å². The summed E-state index contributed by atoms with van der Waals surface area (Å²) in [5, 5.41) is 3.18. The quantitative estimate of drug-likeness (QED) is 0.875. The minimum atomic E-state index is -0.708. The van der Waals surface area contributed by atoms with Gasteiger partial charge in [-0.1, -0.05) is 30.7 Å². The van der Waals surface area contributed by atoms with E-state index in [0.29, 0.717) is 17.2 Å². The Kier molecular flexibility index (Phi) is 5.39. The van der Waals surface area contributed by atoms with Gasteiger partial charge in [-0.05, 0) is 49.2 Å². The molecule has 1 N–H and O–H groups in total. The normalized spacial score (nSPS) is 11.8. The average molecular weight is 322 g/mol. The Balaban J connectivity index is 2.09. The van der Waals surface area contributed by atoms with Crippen LogP contribution in [-0.4, -0.2) is 12.0 Å². The third kappa shape index (κ3) is 3.98. The number of hydrogen-bond acceptors (Lipinski definition) is 2. The molecule has 22 heavy (non-hydrogen) atoms. The molecular weight excluding hydrogens is 305 g/mol. The summed E-state index contributed by atoms with van der Waals surface area (Å²) in [7, 11) is 0. The predicted octanol–water partition coefficient (Wildman–Crippen LogP) is 4.58. The van der Waals surface area contributed by atoms with Crippen LogP contribution in [0.25, 0.3) is 0 Å². The van der Waals surface area contributed by atoms with Crippen LogP contribution in [0.4, 0.5) is 10.1 Å². The highest BCUT2D eigenvalue weighted by Gasteiger charge is 2.19. The Morgan fingerprint density at radius 1 is 1.32 bits per heavy atom. The molecule has 0 aromatic heterocycles. The first-order valence-electron chi connectivity index (χ1n) is 6.99. The van der Waals surface area contributed by atoms with Crippen LogP contribution in [0.5, 0.6) is 5.75 Å². The Hall–Kier alpha value is -2.07. The van der Waals surface area contributed by atoms with Gasteiger partial charge < -0.3 is 10.1 Å². The van der Waals surface area contributed by atoms with E-state index < -0.39 is 11.9 Å². The number of carbonyl (C=O) groups is 1. The molecule has 1 atom stereocenters. The fraction of sp³-hybridized carbons (Fsp3) is 0.235. The molecule has 0 saturated carbocycles. The van der Waals surface area contributed by atoms with Gasteiger partial charge in [0.2, 0.25) is 0 Å². The van der Waals surface area contributed by atoms with E-state index in [1.165, 1.54) is 12.1 Å². The standard InChI is InChI=1S/C17H17ClFNO2/c1-3-16(22-12-8-9-13(18)11(2)10-12)17(21)20-15-7-5-4-6-14(15)19/h4-10,16H,3H2,1-2H3,(H,20,21). The molecular formula is C17H17ClFNO2. The number of benzene rings is 2. The Bertz CT molecular complexity index is 675. The molecule has 0 bridgehead atoms. The monoisotopic (exact) mass is 321 g/mol. The number of amides is 1. The van der Waals surface area contributed by atoms with Crippen molar-refractivity contribution < 1.29 is 13.9 Å². The summed E-state index contributed by atoms with van der Waals surface area (Å²) in [5.41, 5.74) is 1.00. The molecule has 2 aromatic carbocycles. The highest BCUT2D eigenvalue weighted by Crippen LogP contribution is 2.23. The van der Waals surface area contributed by atoms with Crippen molar-refractivity contribution in [3.8, 4) is 5.75 Å². The molecule has 0 aliphatic rings. The molecule has 1 amide bonds. The van der Waals surface area contributed by atoms with Crippen LogP contribution in [-0.2, 0) is 4.79 Å². The summed E-state index contributed by atoms with van der Waals surface area (Å²) in [6.07, 6.45) is -0.248. The van der Waals surface area contributed by atoms with Crippen LogP contribution < -0.4 is 10.1 Å². The van der Waals surface area contributed by atoms with Gasteiger partial charge in [0.25, 0.3) is 5.91 Å². The van der Waals surface area contributed by atoms with E-state index in [1.807, 2.05) is 13.8 Å². The second-order valence-electron chi connectivity index (χ2n) is 4.89. The number of aryl methyl sites for hydroxylation is 1. The van der Waals surface area contributed by atoms with E-state index in [9.17, 15) is 9.18 Å². The first kappa shape index (κ1) is 16.3. The van der Waals surface area contributed by atoms with Gasteiger partial charge >= 0.3 is 0 Å². The van der Waals surface area contributed by atoms with Crippen molar-refractivity contribution in [1.29, 1.82) is 0 Å². The van der Waals surface area contributed by atoms with E-state index in [1.54, 1.807) is 30.3 Å². The van der Waals surface area contributed by atoms with E-state index in [2.05, 4.69) is 5.32 Å². The van der Waals surface area contributed by atoms with Crippen molar-refractivity contribution in [1.82, 2.24) is 0 Å². The molecule has 2 rings (SSSR count). The topological polar surface area (TPSA) is 38.3 Å². The summed E-state index contributed by atoms with van der Waals surface area (Å²) in [6, 6.07) is 11.2. The number of carbonyl (C=O) groups excluding carboxylic acids is 1. The number of anilines is 1. The number of para-hydroxylation sites is 1. The van der Waals surface area contributed by atoms with Crippen LogP contribution >= 0.6 is 11.6 Å². The zero-order valence-corrected chi connectivity index (χ0v) is 13.2. The predicted molar refractivity (Wildman–Crippen MR) is 85.9 cm³/mol. The maximum absolute atomic E-state index is 13.6. The van der Waals surface area contributed by atoms with Gasteiger partial charge in [0.05, 0.1) is 5.69 Å². The smallest absolute Gasteiger partial charge is 0.265 e. The number of nitrogens with one attached hydrogen (secondary N) is 1. The lowest BCUT2D eigenvalue weighted by Crippen LogP contribution is -2.32. The maximum Gasteiger partial charge on any atom is 0.265 e. The van der Waals surface area contributed by atoms with Crippen LogP contribution in [0.15, 0.2) is 42.5 Å². The van der Waals surface area contributed by atoms with Crippen LogP contribution in [0, 0.1) is 12.7 Å². The average Bonchev–Trinajstić information content (AvgIpc) is 2.50. The van der Waals surface area contributed by atoms with Crippen LogP contribution in [0.2, 0.25) is 5.02 Å². The van der Waals surface area contributed by atoms with Gasteiger partial charge in [0.1, 0.15) is 11.6 Å². The fourth-order valence-corrected chi connectivity index (χ4v) is 2.07. The molecule has 3 nitrogen and oxygen atoms in total. The van der Waals surface area contributed by atoms with Crippen molar-refractivity contribution in [2.45, 2.75) is 26.4 Å². The first-order valence-corrected chi connectivity index (χ1v) is 7.37. The molecule has 2 aromatic rings. The zero-order chi connectivity index (χ0) is 16.1. The summed E-state index contributed by atoms with van der Waals surface area (Å²) in [6.45, 7) is 3.68. The SMILES string of the molecule is CCC(Oc1ccc(Cl)c(C)c1)C(=O)Nc1ccccc1F. The Morgan fingerprint density at radius 2 is 2.05 bits per heavy atom. The first-order chi connectivity index (χ1) is 10.5. The molecule has 0 saturated heterocycles. The zero-order valence-electron chi connectivity index (χ0n) is 12.4. The number of rotatable bonds is 5. The van der Waals surface area contributed by atoms with Crippen LogP contribution in [0.3, 0.4) is 0 Å². The second-order valence-corrected chi connectivity index (χ2v) is 5.30. The minimum absolute atomic E-state index is 0.141. The maximum atomic E-state index is 13.6. The molecule has 0 spiro atoms. The summed E-state index contributed by atoms with van der Waals surface area (Å²) < 4.78 is 19.3. The molecule has 116 valence electrons. The molecule has 0 fully saturated rings. The minimum Gasteiger partial charge on any atom is -0.481 e. The van der Waals surface area contributed by atoms with Gasteiger partial charge in [0.15, 0.2) is 6.10 Å². The van der Waals surface area contributed by atoms with E-state index in [0.717, 1.165) is 5.56 Å². The van der Waals surface area contributed by atoms with E-state index in [4.69, 9.17) is 16.3 Å². The van der Waals surface area contributed by atoms with Crippen LogP contribution in [0.1, 0.15) is 18.9 Å². The molecule has 1 unspecified atom stereocenters. The third-order valence-electron chi connectivity index (χ3n) is 3.20. The molecule has 5 heteroatoms. The summed E-state index contributed by atoms with van der Waals surface area (Å²) in [4.78, 5) is 12.2. The fourth-order valence-electron chi connectivity index (χ4n) is 1.95. The lowest BCUT2D eigenvalue weighted by molar-refractivity contribution is -0.122. The highest BCUT2D eigenvalue weighted by molar-refractivity contribution is 6.31. The lowest BCUT2D eigenvalue weighted by Gasteiger charge is -2.18.